The first kappa shape index (κ1) is 30.1. The molecule has 3 rings (SSSR count). The first-order valence-corrected chi connectivity index (χ1v) is 11.6. The number of Topliss-reactive ketones (excluding diaryl/α,β-unsaturated/α-hetero) is 1. The molecule has 0 aliphatic carbocycles. The average molecular weight is 554 g/mol. The molecule has 1 atom stereocenters. The summed E-state index contributed by atoms with van der Waals surface area (Å²) in [6.07, 6.45) is -0.993. The molecule has 1 amide bonds. The zero-order chi connectivity index (χ0) is 26.8. The number of hydrogen-bond acceptors (Lipinski definition) is 7. The fourth-order valence-corrected chi connectivity index (χ4v) is 3.77. The number of amides is 1. The first-order chi connectivity index (χ1) is 16.6. The van der Waals surface area contributed by atoms with Crippen molar-refractivity contribution < 1.29 is 37.8 Å². The van der Waals surface area contributed by atoms with E-state index in [1.54, 1.807) is 45.0 Å². The second kappa shape index (κ2) is 11.5. The molecule has 0 radical (unpaired) electrons. The zero-order valence-corrected chi connectivity index (χ0v) is 22.8. The predicted molar refractivity (Wildman–Crippen MR) is 139 cm³/mol. The summed E-state index contributed by atoms with van der Waals surface area (Å²) < 4.78 is 29.6. The van der Waals surface area contributed by atoms with Crippen molar-refractivity contribution in [3.8, 4) is 11.1 Å². The molecule has 200 valence electrons. The molecule has 0 spiro atoms. The number of ether oxygens (including phenoxy) is 3. The third kappa shape index (κ3) is 7.93. The molecule has 0 aromatic heterocycles. The van der Waals surface area contributed by atoms with Gasteiger partial charge in [-0.05, 0) is 56.5 Å². The van der Waals surface area contributed by atoms with Crippen LogP contribution in [-0.2, 0) is 35.0 Å². The van der Waals surface area contributed by atoms with Crippen molar-refractivity contribution in [2.45, 2.75) is 58.5 Å². The summed E-state index contributed by atoms with van der Waals surface area (Å²) >= 11 is 5.98. The van der Waals surface area contributed by atoms with Gasteiger partial charge in [-0.1, -0.05) is 35.9 Å². The Balaban J connectivity index is 0.00000481. The molecule has 2 aromatic rings. The Kier molecular flexibility index (Phi) is 9.37. The second-order valence-corrected chi connectivity index (χ2v) is 10.2. The van der Waals surface area contributed by atoms with Crippen molar-refractivity contribution in [1.82, 2.24) is 5.32 Å². The van der Waals surface area contributed by atoms with Crippen LogP contribution in [-0.4, -0.2) is 41.2 Å². The number of carbonyl (C=O) groups is 4. The van der Waals surface area contributed by atoms with Crippen molar-refractivity contribution in [3.05, 3.63) is 58.9 Å². The van der Waals surface area contributed by atoms with Crippen LogP contribution < -0.4 is 5.32 Å². The summed E-state index contributed by atoms with van der Waals surface area (Å²) in [6, 6.07) is 9.39. The minimum Gasteiger partial charge on any atom is -0.444 e. The van der Waals surface area contributed by atoms with Gasteiger partial charge in [0.05, 0.1) is 6.04 Å². The van der Waals surface area contributed by atoms with Crippen LogP contribution in [0.25, 0.3) is 11.1 Å². The van der Waals surface area contributed by atoms with E-state index in [-0.39, 0.29) is 19.9 Å². The van der Waals surface area contributed by atoms with Crippen LogP contribution in [0.3, 0.4) is 0 Å². The van der Waals surface area contributed by atoms with Crippen LogP contribution in [0.1, 0.15) is 40.2 Å². The molecule has 1 heterocycles. The number of esters is 2. The highest BCUT2D eigenvalue weighted by Gasteiger charge is 2.49. The van der Waals surface area contributed by atoms with Crippen molar-refractivity contribution >= 4 is 48.9 Å². The lowest BCUT2D eigenvalue weighted by atomic mass is 9.92. The van der Waals surface area contributed by atoms with Gasteiger partial charge in [0.1, 0.15) is 11.4 Å². The van der Waals surface area contributed by atoms with Gasteiger partial charge < -0.3 is 19.5 Å². The first-order valence-electron chi connectivity index (χ1n) is 11.2. The van der Waals surface area contributed by atoms with Crippen LogP contribution in [0, 0.1) is 11.7 Å². The number of rotatable bonds is 6. The zero-order valence-electron chi connectivity index (χ0n) is 21.0. The Hall–Kier alpha value is -3.11. The van der Waals surface area contributed by atoms with Gasteiger partial charge in [-0.15, -0.1) is 0 Å². The van der Waals surface area contributed by atoms with Crippen molar-refractivity contribution in [1.29, 1.82) is 0 Å². The van der Waals surface area contributed by atoms with Gasteiger partial charge in [0.2, 0.25) is 5.92 Å². The smallest absolute Gasteiger partial charge is 0.408 e. The number of cyclic esters (lactones) is 2. The molecule has 1 saturated heterocycles. The molecule has 0 saturated carbocycles. The molecule has 0 bridgehead atoms. The highest BCUT2D eigenvalue weighted by atomic mass is 35.5. The van der Waals surface area contributed by atoms with Crippen LogP contribution in [0.15, 0.2) is 42.5 Å². The number of carbonyl (C=O) groups excluding carboxylic acids is 4. The standard InChI is InChI=1S/C26H27ClFNO7.H2S/c1-25(2,3)36-24(33)29-19(21(30)20-22(31)34-26(4,5)35-23(20)32)12-14-6-8-15(9-7-14)17-13-16(27)10-11-18(17)28;/h6-11,13,19-20H,12H2,1-5H3,(H,29,33);1H2/t19-;/m1./s1. The molecule has 37 heavy (non-hydrogen) atoms. The molecular weight excluding hydrogens is 525 g/mol. The lowest BCUT2D eigenvalue weighted by Gasteiger charge is -2.33. The summed E-state index contributed by atoms with van der Waals surface area (Å²) in [5.74, 6) is -6.86. The van der Waals surface area contributed by atoms with Crippen LogP contribution >= 0.6 is 25.1 Å². The Morgan fingerprint density at radius 2 is 1.65 bits per heavy atom. The highest BCUT2D eigenvalue weighted by Crippen LogP contribution is 2.28. The lowest BCUT2D eigenvalue weighted by Crippen LogP contribution is -2.55. The van der Waals surface area contributed by atoms with Gasteiger partial charge in [-0.25, -0.2) is 9.18 Å². The highest BCUT2D eigenvalue weighted by molar-refractivity contribution is 7.59. The normalized spacial score (nSPS) is 16.1. The van der Waals surface area contributed by atoms with E-state index >= 15 is 0 Å². The quantitative estimate of drug-likeness (QED) is 0.407. The summed E-state index contributed by atoms with van der Waals surface area (Å²) in [5.41, 5.74) is 0.549. The van der Waals surface area contributed by atoms with Gasteiger partial charge in [0.25, 0.3) is 5.79 Å². The van der Waals surface area contributed by atoms with Crippen LogP contribution in [0.5, 0.6) is 0 Å². The van der Waals surface area contributed by atoms with E-state index in [1.165, 1.54) is 32.0 Å². The van der Waals surface area contributed by atoms with Gasteiger partial charge in [-0.2, -0.15) is 13.5 Å². The van der Waals surface area contributed by atoms with E-state index in [2.05, 4.69) is 5.32 Å². The maximum absolute atomic E-state index is 14.2. The molecule has 1 aliphatic heterocycles. The van der Waals surface area contributed by atoms with E-state index in [0.717, 1.165) is 0 Å². The van der Waals surface area contributed by atoms with Gasteiger partial charge >= 0.3 is 18.0 Å². The molecule has 11 heteroatoms. The maximum Gasteiger partial charge on any atom is 0.408 e. The number of nitrogens with one attached hydrogen (secondary N) is 1. The SMILES string of the molecule is CC(C)(C)OC(=O)N[C@H](Cc1ccc(-c2cc(Cl)ccc2F)cc1)C(=O)C1C(=O)OC(C)(C)OC1=O.S. The molecular formula is C26H29ClFNO7S. The van der Waals surface area contributed by atoms with E-state index in [4.69, 9.17) is 25.8 Å². The molecule has 0 unspecified atom stereocenters. The van der Waals surface area contributed by atoms with Gasteiger partial charge in [-0.3, -0.25) is 14.4 Å². The van der Waals surface area contributed by atoms with Gasteiger partial charge in [0, 0.05) is 24.4 Å². The number of hydrogen-bond donors (Lipinski definition) is 1. The van der Waals surface area contributed by atoms with E-state index < -0.39 is 53.0 Å². The topological polar surface area (TPSA) is 108 Å². The van der Waals surface area contributed by atoms with E-state index in [0.29, 0.717) is 21.7 Å². The largest absolute Gasteiger partial charge is 0.444 e. The Morgan fingerprint density at radius 3 is 2.19 bits per heavy atom. The summed E-state index contributed by atoms with van der Waals surface area (Å²) in [6.45, 7) is 7.67. The molecule has 1 fully saturated rings. The monoisotopic (exact) mass is 553 g/mol. The number of alkyl carbamates (subject to hydrolysis) is 1. The molecule has 8 nitrogen and oxygen atoms in total. The fraction of sp³-hybridized carbons (Fsp3) is 0.385. The molecule has 2 aromatic carbocycles. The summed E-state index contributed by atoms with van der Waals surface area (Å²) in [4.78, 5) is 50.6. The predicted octanol–water partition coefficient (Wildman–Crippen LogP) is 4.72. The third-order valence-electron chi connectivity index (χ3n) is 5.12. The van der Waals surface area contributed by atoms with Crippen LogP contribution in [0.4, 0.5) is 9.18 Å². The van der Waals surface area contributed by atoms with Crippen molar-refractivity contribution in [3.63, 3.8) is 0 Å². The van der Waals surface area contributed by atoms with Crippen molar-refractivity contribution in [2.24, 2.45) is 5.92 Å². The third-order valence-corrected chi connectivity index (χ3v) is 5.35. The lowest BCUT2D eigenvalue weighted by molar-refractivity contribution is -0.238. The van der Waals surface area contributed by atoms with E-state index in [9.17, 15) is 23.6 Å². The minimum atomic E-state index is -1.86. The summed E-state index contributed by atoms with van der Waals surface area (Å²) in [5, 5.41) is 2.81. The van der Waals surface area contributed by atoms with Crippen molar-refractivity contribution in [2.75, 3.05) is 0 Å². The average Bonchev–Trinajstić information content (AvgIpc) is 2.72. The molecule has 1 N–H and O–H groups in total. The second-order valence-electron chi connectivity index (χ2n) is 9.80. The maximum atomic E-state index is 14.2. The minimum absolute atomic E-state index is 0. The Labute approximate surface area is 226 Å². The Bertz CT molecular complexity index is 1170. The number of ketones is 1. The number of benzene rings is 2. The molecule has 1 aliphatic rings. The fourth-order valence-electron chi connectivity index (χ4n) is 3.60. The Morgan fingerprint density at radius 1 is 1.08 bits per heavy atom. The van der Waals surface area contributed by atoms with E-state index in [1.807, 2.05) is 0 Å². The van der Waals surface area contributed by atoms with Crippen LogP contribution in [0.2, 0.25) is 5.02 Å². The number of halogens is 2. The van der Waals surface area contributed by atoms with Gasteiger partial charge in [0.15, 0.2) is 5.78 Å². The summed E-state index contributed by atoms with van der Waals surface area (Å²) in [7, 11) is 0.